The number of pyridine rings is 3. The van der Waals surface area contributed by atoms with Crippen molar-refractivity contribution in [1.29, 1.82) is 0 Å². The predicted molar refractivity (Wildman–Crippen MR) is 219 cm³/mol. The highest BCUT2D eigenvalue weighted by molar-refractivity contribution is 5.81. The van der Waals surface area contributed by atoms with Crippen LogP contribution < -0.4 is 0 Å². The number of hydrogen-bond acceptors (Lipinski definition) is 5. The molecule has 5 aromatic carbocycles. The molecule has 5 nitrogen and oxygen atoms in total. The molecule has 0 N–H and O–H groups in total. The maximum atomic E-state index is 5.20. The van der Waals surface area contributed by atoms with Gasteiger partial charge in [0.2, 0.25) is 0 Å². The highest BCUT2D eigenvalue weighted by Gasteiger charge is 2.15. The van der Waals surface area contributed by atoms with Gasteiger partial charge in [0.1, 0.15) is 0 Å². The average Bonchev–Trinajstić information content (AvgIpc) is 3.27. The summed E-state index contributed by atoms with van der Waals surface area (Å²) in [7, 11) is 0. The van der Waals surface area contributed by atoms with Crippen molar-refractivity contribution in [3.63, 3.8) is 0 Å². The van der Waals surface area contributed by atoms with Gasteiger partial charge in [0.05, 0.1) is 34.2 Å². The van der Waals surface area contributed by atoms with E-state index in [0.717, 1.165) is 84.2 Å². The fourth-order valence-electron chi connectivity index (χ4n) is 6.63. The Morgan fingerprint density at radius 3 is 1.20 bits per heavy atom. The lowest BCUT2D eigenvalue weighted by Crippen LogP contribution is -1.98. The summed E-state index contributed by atoms with van der Waals surface area (Å²) in [6, 6.07) is 64.2. The van der Waals surface area contributed by atoms with Crippen LogP contribution in [0.25, 0.3) is 90.1 Å². The van der Waals surface area contributed by atoms with E-state index in [0.29, 0.717) is 5.82 Å². The SMILES string of the molecule is c1ccc(-c2cc(-c3ccccc3)cc(-c3nc(-c4ccccc4)cc(-c4ccc(-c5cc(-c6ccccc6)cc(-c6ccccn6)n5)nc4)n3)c2)cc1. The minimum Gasteiger partial charge on any atom is -0.255 e. The van der Waals surface area contributed by atoms with Crippen LogP contribution >= 0.6 is 0 Å². The lowest BCUT2D eigenvalue weighted by molar-refractivity contribution is 1.17. The molecule has 54 heavy (non-hydrogen) atoms. The first-order chi connectivity index (χ1) is 26.7. The van der Waals surface area contributed by atoms with Gasteiger partial charge in [-0.1, -0.05) is 127 Å². The average molecular weight is 692 g/mol. The van der Waals surface area contributed by atoms with Crippen molar-refractivity contribution >= 4 is 0 Å². The van der Waals surface area contributed by atoms with Crippen LogP contribution in [0.4, 0.5) is 0 Å². The molecule has 0 aliphatic carbocycles. The first kappa shape index (κ1) is 32.5. The van der Waals surface area contributed by atoms with Crippen LogP contribution in [0.5, 0.6) is 0 Å². The molecule has 9 aromatic rings. The lowest BCUT2D eigenvalue weighted by atomic mass is 9.95. The van der Waals surface area contributed by atoms with Gasteiger partial charge in [-0.25, -0.2) is 15.0 Å². The Hall–Kier alpha value is -7.37. The summed E-state index contributed by atoms with van der Waals surface area (Å²) in [6.45, 7) is 0. The summed E-state index contributed by atoms with van der Waals surface area (Å²) >= 11 is 0. The monoisotopic (exact) mass is 691 g/mol. The summed E-state index contributed by atoms with van der Waals surface area (Å²) in [6.07, 6.45) is 3.67. The molecule has 0 aliphatic heterocycles. The summed E-state index contributed by atoms with van der Waals surface area (Å²) < 4.78 is 0. The Bertz CT molecular complexity index is 2550. The van der Waals surface area contributed by atoms with Crippen molar-refractivity contribution in [2.24, 2.45) is 0 Å². The Morgan fingerprint density at radius 1 is 0.241 bits per heavy atom. The van der Waals surface area contributed by atoms with Crippen molar-refractivity contribution in [1.82, 2.24) is 24.9 Å². The third-order valence-corrected chi connectivity index (χ3v) is 9.38. The first-order valence-corrected chi connectivity index (χ1v) is 17.9. The van der Waals surface area contributed by atoms with Crippen molar-refractivity contribution in [2.45, 2.75) is 0 Å². The van der Waals surface area contributed by atoms with E-state index in [1.165, 1.54) is 0 Å². The molecule has 0 spiro atoms. The minimum absolute atomic E-state index is 0.641. The fourth-order valence-corrected chi connectivity index (χ4v) is 6.63. The molecule has 9 rings (SSSR count). The van der Waals surface area contributed by atoms with Crippen molar-refractivity contribution in [2.75, 3.05) is 0 Å². The molecule has 4 aromatic heterocycles. The number of aromatic nitrogens is 5. The molecule has 254 valence electrons. The zero-order valence-corrected chi connectivity index (χ0v) is 29.3. The molecule has 0 unspecified atom stereocenters. The van der Waals surface area contributed by atoms with E-state index < -0.39 is 0 Å². The summed E-state index contributed by atoms with van der Waals surface area (Å²) in [4.78, 5) is 24.9. The summed E-state index contributed by atoms with van der Waals surface area (Å²) in [5.74, 6) is 0.641. The van der Waals surface area contributed by atoms with Crippen LogP contribution in [0.3, 0.4) is 0 Å². The lowest BCUT2D eigenvalue weighted by Gasteiger charge is -2.13. The Morgan fingerprint density at radius 2 is 0.704 bits per heavy atom. The van der Waals surface area contributed by atoms with Gasteiger partial charge in [-0.05, 0) is 94.0 Å². The van der Waals surface area contributed by atoms with Gasteiger partial charge in [-0.2, -0.15) is 0 Å². The largest absolute Gasteiger partial charge is 0.255 e. The predicted octanol–water partition coefficient (Wildman–Crippen LogP) is 12.0. The molecule has 0 atom stereocenters. The minimum atomic E-state index is 0.641. The molecule has 0 bridgehead atoms. The van der Waals surface area contributed by atoms with Crippen LogP contribution in [0.2, 0.25) is 0 Å². The molecular weight excluding hydrogens is 659 g/mol. The van der Waals surface area contributed by atoms with Crippen LogP contribution in [-0.4, -0.2) is 24.9 Å². The number of hydrogen-bond donors (Lipinski definition) is 0. The number of rotatable bonds is 8. The standard InChI is InChI=1S/C49H33N5/c1-5-15-34(16-6-1)39-27-40(35-17-7-2-8-18-35)29-42(28-39)49-53-45(37-21-11-4-12-22-37)32-46(54-49)38-24-25-44(51-33-38)48-31-41(36-19-9-3-10-20-36)30-47(52-48)43-23-13-14-26-50-43/h1-33H. The molecule has 0 fully saturated rings. The quantitative estimate of drug-likeness (QED) is 0.159. The second kappa shape index (κ2) is 14.7. The van der Waals surface area contributed by atoms with Gasteiger partial charge in [0.25, 0.3) is 0 Å². The first-order valence-electron chi connectivity index (χ1n) is 17.9. The summed E-state index contributed by atoms with van der Waals surface area (Å²) in [5.41, 5.74) is 14.2. The smallest absolute Gasteiger partial charge is 0.160 e. The Balaban J connectivity index is 1.16. The van der Waals surface area contributed by atoms with Gasteiger partial charge >= 0.3 is 0 Å². The second-order valence-electron chi connectivity index (χ2n) is 13.0. The third-order valence-electron chi connectivity index (χ3n) is 9.38. The van der Waals surface area contributed by atoms with E-state index >= 15 is 0 Å². The molecule has 0 saturated carbocycles. The number of nitrogens with zero attached hydrogens (tertiary/aromatic N) is 5. The van der Waals surface area contributed by atoms with E-state index in [-0.39, 0.29) is 0 Å². The highest BCUT2D eigenvalue weighted by Crippen LogP contribution is 2.35. The zero-order chi connectivity index (χ0) is 36.1. The van der Waals surface area contributed by atoms with Crippen molar-refractivity contribution in [3.05, 3.63) is 200 Å². The molecule has 0 aliphatic rings. The van der Waals surface area contributed by atoms with Crippen LogP contribution in [0, 0.1) is 0 Å². The molecule has 4 heterocycles. The van der Waals surface area contributed by atoms with Gasteiger partial charge < -0.3 is 0 Å². The molecule has 5 heteroatoms. The van der Waals surface area contributed by atoms with E-state index in [1.807, 2.05) is 85.1 Å². The van der Waals surface area contributed by atoms with Crippen LogP contribution in [0.1, 0.15) is 0 Å². The maximum absolute atomic E-state index is 5.20. The molecule has 0 amide bonds. The normalized spacial score (nSPS) is 11.0. The summed E-state index contributed by atoms with van der Waals surface area (Å²) in [5, 5.41) is 0. The van der Waals surface area contributed by atoms with E-state index in [9.17, 15) is 0 Å². The van der Waals surface area contributed by atoms with E-state index in [2.05, 4.69) is 114 Å². The highest BCUT2D eigenvalue weighted by atomic mass is 14.9. The van der Waals surface area contributed by atoms with E-state index in [1.54, 1.807) is 6.20 Å². The van der Waals surface area contributed by atoms with Crippen molar-refractivity contribution in [3.8, 4) is 90.1 Å². The zero-order valence-electron chi connectivity index (χ0n) is 29.3. The van der Waals surface area contributed by atoms with Gasteiger partial charge in [0, 0.05) is 29.1 Å². The Labute approximate surface area is 314 Å². The van der Waals surface area contributed by atoms with Crippen molar-refractivity contribution < 1.29 is 0 Å². The van der Waals surface area contributed by atoms with E-state index in [4.69, 9.17) is 19.9 Å². The van der Waals surface area contributed by atoms with Gasteiger partial charge in [-0.15, -0.1) is 0 Å². The third kappa shape index (κ3) is 6.94. The molecular formula is C49H33N5. The number of benzene rings is 5. The fraction of sp³-hybridized carbons (Fsp3) is 0. The molecule has 0 saturated heterocycles. The molecule has 0 radical (unpaired) electrons. The van der Waals surface area contributed by atoms with Gasteiger partial charge in [-0.3, -0.25) is 9.97 Å². The topological polar surface area (TPSA) is 64.5 Å². The van der Waals surface area contributed by atoms with Crippen LogP contribution in [0.15, 0.2) is 200 Å². The second-order valence-corrected chi connectivity index (χ2v) is 13.0. The Kier molecular flexibility index (Phi) is 8.86. The van der Waals surface area contributed by atoms with Gasteiger partial charge in [0.15, 0.2) is 5.82 Å². The maximum Gasteiger partial charge on any atom is 0.160 e. The van der Waals surface area contributed by atoms with Crippen LogP contribution in [-0.2, 0) is 0 Å².